The van der Waals surface area contributed by atoms with Crippen LogP contribution in [0.3, 0.4) is 0 Å². The highest BCUT2D eigenvalue weighted by molar-refractivity contribution is 5.82. The van der Waals surface area contributed by atoms with Crippen molar-refractivity contribution in [3.63, 3.8) is 0 Å². The van der Waals surface area contributed by atoms with Gasteiger partial charge in [0.05, 0.1) is 12.0 Å². The van der Waals surface area contributed by atoms with Crippen molar-refractivity contribution in [2.24, 2.45) is 5.92 Å². The van der Waals surface area contributed by atoms with E-state index >= 15 is 0 Å². The number of hydrogen-bond acceptors (Lipinski definition) is 3. The number of carbonyl (C=O) groups is 2. The summed E-state index contributed by atoms with van der Waals surface area (Å²) in [6.07, 6.45) is 3.94. The van der Waals surface area contributed by atoms with Crippen LogP contribution in [0.15, 0.2) is 24.5 Å². The molecule has 1 N–H and O–H groups in total. The molecule has 5 nitrogen and oxygen atoms in total. The van der Waals surface area contributed by atoms with Crippen molar-refractivity contribution in [1.82, 2.24) is 9.88 Å². The number of hydrogen-bond donors (Lipinski definition) is 1. The summed E-state index contributed by atoms with van der Waals surface area (Å²) in [5.41, 5.74) is 0.412. The molecule has 2 heterocycles. The van der Waals surface area contributed by atoms with Gasteiger partial charge in [-0.25, -0.2) is 0 Å². The van der Waals surface area contributed by atoms with Crippen LogP contribution >= 0.6 is 0 Å². The molecule has 0 spiro atoms. The average molecular weight is 276 g/mol. The van der Waals surface area contributed by atoms with E-state index in [1.807, 2.05) is 20.8 Å². The summed E-state index contributed by atoms with van der Waals surface area (Å²) >= 11 is 0. The second kappa shape index (κ2) is 5.23. The van der Waals surface area contributed by atoms with Crippen LogP contribution in [-0.4, -0.2) is 32.4 Å². The minimum absolute atomic E-state index is 0.0109. The van der Waals surface area contributed by atoms with E-state index in [0.717, 1.165) is 5.56 Å². The Bertz CT molecular complexity index is 508. The molecule has 0 aliphatic carbocycles. The molecule has 5 heteroatoms. The first kappa shape index (κ1) is 14.5. The van der Waals surface area contributed by atoms with E-state index in [9.17, 15) is 14.7 Å². The van der Waals surface area contributed by atoms with Crippen molar-refractivity contribution in [1.29, 1.82) is 0 Å². The SMILES string of the molecule is CC(C)(C)N1C(=O)CCC(C(=O)O)C1c1ccncc1. The van der Waals surface area contributed by atoms with Crippen LogP contribution in [0.4, 0.5) is 0 Å². The van der Waals surface area contributed by atoms with E-state index < -0.39 is 23.5 Å². The van der Waals surface area contributed by atoms with Crippen LogP contribution in [0.5, 0.6) is 0 Å². The summed E-state index contributed by atoms with van der Waals surface area (Å²) in [4.78, 5) is 29.6. The lowest BCUT2D eigenvalue weighted by Crippen LogP contribution is -2.53. The standard InChI is InChI=1S/C15H20N2O3/c1-15(2,3)17-12(18)5-4-11(14(19)20)13(17)10-6-8-16-9-7-10/h6-9,11,13H,4-5H2,1-3H3,(H,19,20). The fourth-order valence-electron chi connectivity index (χ4n) is 2.88. The van der Waals surface area contributed by atoms with Crippen LogP contribution in [0.2, 0.25) is 0 Å². The minimum Gasteiger partial charge on any atom is -0.481 e. The molecule has 2 unspecified atom stereocenters. The van der Waals surface area contributed by atoms with E-state index in [0.29, 0.717) is 6.42 Å². The molecule has 20 heavy (non-hydrogen) atoms. The van der Waals surface area contributed by atoms with Gasteiger partial charge in [0.15, 0.2) is 0 Å². The van der Waals surface area contributed by atoms with E-state index in [1.165, 1.54) is 0 Å². The summed E-state index contributed by atoms with van der Waals surface area (Å²) in [6, 6.07) is 3.15. The Kier molecular flexibility index (Phi) is 3.79. The topological polar surface area (TPSA) is 70.5 Å². The van der Waals surface area contributed by atoms with Gasteiger partial charge in [-0.05, 0) is 44.9 Å². The van der Waals surface area contributed by atoms with Gasteiger partial charge in [0.1, 0.15) is 0 Å². The predicted octanol–water partition coefficient (Wildman–Crippen LogP) is 2.24. The number of carbonyl (C=O) groups excluding carboxylic acids is 1. The molecule has 1 aliphatic heterocycles. The van der Waals surface area contributed by atoms with E-state index in [4.69, 9.17) is 0 Å². The number of carboxylic acid groups (broad SMARTS) is 1. The summed E-state index contributed by atoms with van der Waals surface area (Å²) in [7, 11) is 0. The highest BCUT2D eigenvalue weighted by Gasteiger charge is 2.44. The zero-order valence-electron chi connectivity index (χ0n) is 12.0. The molecule has 1 aliphatic rings. The maximum absolute atomic E-state index is 12.3. The summed E-state index contributed by atoms with van der Waals surface area (Å²) < 4.78 is 0. The fourth-order valence-corrected chi connectivity index (χ4v) is 2.88. The van der Waals surface area contributed by atoms with Gasteiger partial charge in [-0.2, -0.15) is 0 Å². The van der Waals surface area contributed by atoms with Gasteiger partial charge in [0, 0.05) is 24.4 Å². The van der Waals surface area contributed by atoms with E-state index in [1.54, 1.807) is 29.4 Å². The molecular formula is C15H20N2O3. The third-order valence-corrected chi connectivity index (χ3v) is 3.68. The third-order valence-electron chi connectivity index (χ3n) is 3.68. The van der Waals surface area contributed by atoms with Crippen LogP contribution in [0.1, 0.15) is 45.2 Å². The number of aromatic nitrogens is 1. The molecule has 1 fully saturated rings. The molecule has 1 aromatic rings. The van der Waals surface area contributed by atoms with Crippen molar-refractivity contribution in [3.8, 4) is 0 Å². The highest BCUT2D eigenvalue weighted by Crippen LogP contribution is 2.40. The van der Waals surface area contributed by atoms with Gasteiger partial charge in [0.2, 0.25) is 5.91 Å². The monoisotopic (exact) mass is 276 g/mol. The molecule has 0 bridgehead atoms. The predicted molar refractivity (Wildman–Crippen MR) is 73.9 cm³/mol. The van der Waals surface area contributed by atoms with Crippen molar-refractivity contribution >= 4 is 11.9 Å². The van der Waals surface area contributed by atoms with Gasteiger partial charge < -0.3 is 10.0 Å². The van der Waals surface area contributed by atoms with Crippen LogP contribution in [-0.2, 0) is 9.59 Å². The Hall–Kier alpha value is -1.91. The van der Waals surface area contributed by atoms with Gasteiger partial charge in [0.25, 0.3) is 0 Å². The van der Waals surface area contributed by atoms with Crippen LogP contribution < -0.4 is 0 Å². The van der Waals surface area contributed by atoms with E-state index in [2.05, 4.69) is 4.98 Å². The van der Waals surface area contributed by atoms with Crippen LogP contribution in [0, 0.1) is 5.92 Å². The average Bonchev–Trinajstić information content (AvgIpc) is 2.37. The number of rotatable bonds is 2. The molecule has 2 rings (SSSR count). The summed E-state index contributed by atoms with van der Waals surface area (Å²) in [5, 5.41) is 9.49. The smallest absolute Gasteiger partial charge is 0.308 e. The number of nitrogens with zero attached hydrogens (tertiary/aromatic N) is 2. The number of carboxylic acids is 1. The zero-order chi connectivity index (χ0) is 14.9. The number of piperidine rings is 1. The van der Waals surface area contributed by atoms with Crippen molar-refractivity contribution in [3.05, 3.63) is 30.1 Å². The van der Waals surface area contributed by atoms with Gasteiger partial charge in [-0.3, -0.25) is 14.6 Å². The van der Waals surface area contributed by atoms with Crippen LogP contribution in [0.25, 0.3) is 0 Å². The maximum atomic E-state index is 12.3. The van der Waals surface area contributed by atoms with Crippen molar-refractivity contribution < 1.29 is 14.7 Å². The lowest BCUT2D eigenvalue weighted by atomic mass is 9.82. The summed E-state index contributed by atoms with van der Waals surface area (Å²) in [6.45, 7) is 5.80. The molecule has 0 radical (unpaired) electrons. The van der Waals surface area contributed by atoms with Crippen molar-refractivity contribution in [2.75, 3.05) is 0 Å². The number of amides is 1. The van der Waals surface area contributed by atoms with Gasteiger partial charge >= 0.3 is 5.97 Å². The first-order chi connectivity index (χ1) is 9.32. The molecule has 1 amide bonds. The Labute approximate surface area is 118 Å². The molecule has 1 saturated heterocycles. The Morgan fingerprint density at radius 1 is 1.35 bits per heavy atom. The second-order valence-electron chi connectivity index (χ2n) is 6.14. The molecule has 0 saturated carbocycles. The maximum Gasteiger partial charge on any atom is 0.308 e. The fraction of sp³-hybridized carbons (Fsp3) is 0.533. The van der Waals surface area contributed by atoms with E-state index in [-0.39, 0.29) is 12.3 Å². The Morgan fingerprint density at radius 3 is 2.45 bits per heavy atom. The minimum atomic E-state index is -0.853. The first-order valence-corrected chi connectivity index (χ1v) is 6.77. The van der Waals surface area contributed by atoms with Gasteiger partial charge in [-0.1, -0.05) is 0 Å². The number of likely N-dealkylation sites (tertiary alicyclic amines) is 1. The first-order valence-electron chi connectivity index (χ1n) is 6.77. The largest absolute Gasteiger partial charge is 0.481 e. The number of aliphatic carboxylic acids is 1. The highest BCUT2D eigenvalue weighted by atomic mass is 16.4. The number of pyridine rings is 1. The molecule has 108 valence electrons. The zero-order valence-corrected chi connectivity index (χ0v) is 12.0. The lowest BCUT2D eigenvalue weighted by molar-refractivity contribution is -0.156. The molecule has 1 aromatic heterocycles. The third kappa shape index (κ3) is 2.66. The lowest BCUT2D eigenvalue weighted by Gasteiger charge is -2.47. The quantitative estimate of drug-likeness (QED) is 0.899. The normalized spacial score (nSPS) is 23.8. The molecule has 0 aromatic carbocycles. The van der Waals surface area contributed by atoms with Gasteiger partial charge in [-0.15, -0.1) is 0 Å². The molecular weight excluding hydrogens is 256 g/mol. The Balaban J connectivity index is 2.50. The summed E-state index contributed by atoms with van der Waals surface area (Å²) in [5.74, 6) is -1.42. The van der Waals surface area contributed by atoms with Crippen molar-refractivity contribution in [2.45, 2.75) is 45.2 Å². The Morgan fingerprint density at radius 2 is 1.95 bits per heavy atom. The second-order valence-corrected chi connectivity index (χ2v) is 6.14. The molecule has 2 atom stereocenters.